The molecular weight excluding hydrogens is 362 g/mol. The van der Waals surface area contributed by atoms with Crippen LogP contribution in [-0.4, -0.2) is 23.7 Å². The third-order valence-electron chi connectivity index (χ3n) is 4.89. The zero-order chi connectivity index (χ0) is 20.6. The first-order chi connectivity index (χ1) is 14.2. The number of carbonyl (C=O) groups excluding carboxylic acids is 1. The van der Waals surface area contributed by atoms with Crippen LogP contribution in [0.1, 0.15) is 40.0 Å². The Bertz CT molecular complexity index is 945. The van der Waals surface area contributed by atoms with E-state index in [1.54, 1.807) is 0 Å². The number of hydrogen-bond donors (Lipinski definition) is 2. The SMILES string of the molecule is CCCCNC(=O)Nc1ccc(-c2cc3ccc(OCC)cc3n2CCC)cc1. The zero-order valence-electron chi connectivity index (χ0n) is 17.6. The largest absolute Gasteiger partial charge is 0.494 e. The second-order valence-electron chi connectivity index (χ2n) is 7.15. The second kappa shape index (κ2) is 10.0. The fourth-order valence-electron chi connectivity index (χ4n) is 3.47. The third-order valence-corrected chi connectivity index (χ3v) is 4.89. The average molecular weight is 394 g/mol. The second-order valence-corrected chi connectivity index (χ2v) is 7.15. The molecular formula is C24H31N3O2. The number of nitrogens with zero attached hydrogens (tertiary/aromatic N) is 1. The lowest BCUT2D eigenvalue weighted by molar-refractivity contribution is 0.252. The van der Waals surface area contributed by atoms with Crippen molar-refractivity contribution in [1.82, 2.24) is 9.88 Å². The molecule has 0 fully saturated rings. The van der Waals surface area contributed by atoms with Gasteiger partial charge in [-0.3, -0.25) is 0 Å². The topological polar surface area (TPSA) is 55.3 Å². The maximum Gasteiger partial charge on any atom is 0.319 e. The van der Waals surface area contributed by atoms with Crippen LogP contribution in [0.4, 0.5) is 10.5 Å². The maximum atomic E-state index is 11.9. The smallest absolute Gasteiger partial charge is 0.319 e. The molecule has 3 aromatic rings. The van der Waals surface area contributed by atoms with Crippen molar-refractivity contribution < 1.29 is 9.53 Å². The molecule has 0 saturated carbocycles. The maximum absolute atomic E-state index is 11.9. The first-order valence-corrected chi connectivity index (χ1v) is 10.6. The molecule has 0 saturated heterocycles. The summed E-state index contributed by atoms with van der Waals surface area (Å²) < 4.78 is 8.04. The van der Waals surface area contributed by atoms with Gasteiger partial charge in [0.15, 0.2) is 0 Å². The van der Waals surface area contributed by atoms with Crippen molar-refractivity contribution in [2.24, 2.45) is 0 Å². The number of benzene rings is 2. The fourth-order valence-corrected chi connectivity index (χ4v) is 3.47. The summed E-state index contributed by atoms with van der Waals surface area (Å²) in [6, 6.07) is 16.4. The third kappa shape index (κ3) is 5.11. The summed E-state index contributed by atoms with van der Waals surface area (Å²) >= 11 is 0. The van der Waals surface area contributed by atoms with Crippen molar-refractivity contribution in [3.8, 4) is 17.0 Å². The number of aromatic nitrogens is 1. The van der Waals surface area contributed by atoms with E-state index in [4.69, 9.17) is 4.74 Å². The lowest BCUT2D eigenvalue weighted by Crippen LogP contribution is -2.29. The van der Waals surface area contributed by atoms with Crippen LogP contribution in [0.25, 0.3) is 22.2 Å². The molecule has 29 heavy (non-hydrogen) atoms. The van der Waals surface area contributed by atoms with Crippen molar-refractivity contribution >= 4 is 22.6 Å². The molecule has 1 aromatic heterocycles. The Morgan fingerprint density at radius 2 is 1.79 bits per heavy atom. The molecule has 0 unspecified atom stereocenters. The minimum absolute atomic E-state index is 0.158. The van der Waals surface area contributed by atoms with Crippen LogP contribution >= 0.6 is 0 Å². The highest BCUT2D eigenvalue weighted by atomic mass is 16.5. The lowest BCUT2D eigenvalue weighted by Gasteiger charge is -2.12. The van der Waals surface area contributed by atoms with Crippen molar-refractivity contribution in [3.05, 3.63) is 48.5 Å². The van der Waals surface area contributed by atoms with E-state index in [1.807, 2.05) is 25.1 Å². The van der Waals surface area contributed by atoms with Crippen molar-refractivity contribution in [2.45, 2.75) is 46.6 Å². The number of rotatable bonds is 9. The summed E-state index contributed by atoms with van der Waals surface area (Å²) in [5.74, 6) is 0.899. The van der Waals surface area contributed by atoms with E-state index in [2.05, 4.69) is 59.4 Å². The molecule has 0 atom stereocenters. The Labute approximate surface area is 173 Å². The predicted molar refractivity (Wildman–Crippen MR) is 121 cm³/mol. The van der Waals surface area contributed by atoms with Crippen molar-refractivity contribution in [1.29, 1.82) is 0 Å². The molecule has 2 aromatic carbocycles. The summed E-state index contributed by atoms with van der Waals surface area (Å²) in [5, 5.41) is 6.97. The Morgan fingerprint density at radius 1 is 1.00 bits per heavy atom. The predicted octanol–water partition coefficient (Wildman–Crippen LogP) is 6.04. The first-order valence-electron chi connectivity index (χ1n) is 10.6. The summed E-state index contributed by atoms with van der Waals surface area (Å²) in [6.45, 7) is 8.59. The molecule has 5 nitrogen and oxygen atoms in total. The van der Waals surface area contributed by atoms with Crippen LogP contribution in [0.3, 0.4) is 0 Å². The van der Waals surface area contributed by atoms with Gasteiger partial charge in [0.2, 0.25) is 0 Å². The average Bonchev–Trinajstić information content (AvgIpc) is 3.07. The first kappa shape index (κ1) is 20.8. The van der Waals surface area contributed by atoms with Gasteiger partial charge in [0, 0.05) is 35.9 Å². The molecule has 154 valence electrons. The van der Waals surface area contributed by atoms with Gasteiger partial charge < -0.3 is 19.9 Å². The van der Waals surface area contributed by atoms with Crippen LogP contribution in [0.2, 0.25) is 0 Å². The van der Waals surface area contributed by atoms with Crippen LogP contribution in [0.5, 0.6) is 5.75 Å². The van der Waals surface area contributed by atoms with E-state index in [9.17, 15) is 4.79 Å². The standard InChI is InChI=1S/C24H31N3O2/c1-4-7-14-25-24(28)26-20-11-8-18(9-12-20)22-16-19-10-13-21(29-6-3)17-23(19)27(22)15-5-2/h8-13,16-17H,4-7,14-15H2,1-3H3,(H2,25,26,28). The van der Waals surface area contributed by atoms with E-state index >= 15 is 0 Å². The zero-order valence-corrected chi connectivity index (χ0v) is 17.6. The molecule has 2 N–H and O–H groups in total. The summed E-state index contributed by atoms with van der Waals surface area (Å²) in [4.78, 5) is 11.9. The van der Waals surface area contributed by atoms with Crippen LogP contribution in [0, 0.1) is 0 Å². The Hall–Kier alpha value is -2.95. The van der Waals surface area contributed by atoms with Gasteiger partial charge in [0.25, 0.3) is 0 Å². The van der Waals surface area contributed by atoms with Gasteiger partial charge in [0.05, 0.1) is 12.1 Å². The number of carbonyl (C=O) groups is 1. The quantitative estimate of drug-likeness (QED) is 0.436. The number of ether oxygens (including phenoxy) is 1. The number of anilines is 1. The molecule has 0 aliphatic carbocycles. The van der Waals surface area contributed by atoms with Gasteiger partial charge in [-0.25, -0.2) is 4.79 Å². The van der Waals surface area contributed by atoms with Gasteiger partial charge >= 0.3 is 6.03 Å². The van der Waals surface area contributed by atoms with Crippen LogP contribution in [0.15, 0.2) is 48.5 Å². The molecule has 0 spiro atoms. The van der Waals surface area contributed by atoms with Crippen molar-refractivity contribution in [3.63, 3.8) is 0 Å². The van der Waals surface area contributed by atoms with E-state index in [-0.39, 0.29) is 6.03 Å². The molecule has 2 amide bonds. The van der Waals surface area contributed by atoms with Crippen LogP contribution in [-0.2, 0) is 6.54 Å². The molecule has 3 rings (SSSR count). The highest BCUT2D eigenvalue weighted by Crippen LogP contribution is 2.31. The van der Waals surface area contributed by atoms with E-state index < -0.39 is 0 Å². The molecule has 0 aliphatic heterocycles. The molecule has 5 heteroatoms. The Kier molecular flexibility index (Phi) is 7.17. The highest BCUT2D eigenvalue weighted by molar-refractivity contribution is 5.90. The summed E-state index contributed by atoms with van der Waals surface area (Å²) in [5.41, 5.74) is 4.28. The lowest BCUT2D eigenvalue weighted by atomic mass is 10.1. The number of hydrogen-bond acceptors (Lipinski definition) is 2. The number of urea groups is 1. The highest BCUT2D eigenvalue weighted by Gasteiger charge is 2.12. The van der Waals surface area contributed by atoms with Gasteiger partial charge in [-0.2, -0.15) is 0 Å². The Balaban J connectivity index is 1.83. The minimum atomic E-state index is -0.158. The van der Waals surface area contributed by atoms with Gasteiger partial charge in [0.1, 0.15) is 5.75 Å². The van der Waals surface area contributed by atoms with Crippen molar-refractivity contribution in [2.75, 3.05) is 18.5 Å². The molecule has 0 aliphatic rings. The van der Waals surface area contributed by atoms with Crippen LogP contribution < -0.4 is 15.4 Å². The molecule has 0 radical (unpaired) electrons. The monoisotopic (exact) mass is 393 g/mol. The molecule has 1 heterocycles. The van der Waals surface area contributed by atoms with Gasteiger partial charge in [-0.1, -0.05) is 32.4 Å². The minimum Gasteiger partial charge on any atom is -0.494 e. The fraction of sp³-hybridized carbons (Fsp3) is 0.375. The van der Waals surface area contributed by atoms with E-state index in [0.29, 0.717) is 13.2 Å². The number of aryl methyl sites for hydroxylation is 1. The van der Waals surface area contributed by atoms with Gasteiger partial charge in [-0.05, 0) is 55.7 Å². The number of fused-ring (bicyclic) bond motifs is 1. The molecule has 0 bridgehead atoms. The number of nitrogens with one attached hydrogen (secondary N) is 2. The van der Waals surface area contributed by atoms with E-state index in [1.165, 1.54) is 16.6 Å². The summed E-state index contributed by atoms with van der Waals surface area (Å²) in [7, 11) is 0. The van der Waals surface area contributed by atoms with Gasteiger partial charge in [-0.15, -0.1) is 0 Å². The Morgan fingerprint density at radius 3 is 2.48 bits per heavy atom. The normalized spacial score (nSPS) is 10.9. The summed E-state index contributed by atoms with van der Waals surface area (Å²) in [6.07, 6.45) is 3.10. The number of unbranched alkanes of at least 4 members (excludes halogenated alkanes) is 1. The van der Waals surface area contributed by atoms with E-state index in [0.717, 1.165) is 42.8 Å². The number of amides is 2.